The van der Waals surface area contributed by atoms with Crippen molar-refractivity contribution in [3.05, 3.63) is 35.9 Å². The van der Waals surface area contributed by atoms with E-state index < -0.39 is 0 Å². The lowest BCUT2D eigenvalue weighted by Gasteiger charge is -2.36. The lowest BCUT2D eigenvalue weighted by molar-refractivity contribution is 0.0319. The fourth-order valence-electron chi connectivity index (χ4n) is 3.80. The Morgan fingerprint density at radius 2 is 1.86 bits per heavy atom. The summed E-state index contributed by atoms with van der Waals surface area (Å²) in [5, 5.41) is 3.99. The van der Waals surface area contributed by atoms with E-state index in [0.29, 0.717) is 12.1 Å². The minimum absolute atomic E-state index is 0.435. The first kappa shape index (κ1) is 16.0. The van der Waals surface area contributed by atoms with Crippen molar-refractivity contribution >= 4 is 0 Å². The largest absolute Gasteiger partial charge is 0.379 e. The van der Waals surface area contributed by atoms with E-state index in [4.69, 9.17) is 4.74 Å². The third kappa shape index (κ3) is 4.31. The summed E-state index contributed by atoms with van der Waals surface area (Å²) in [6.07, 6.45) is 5.48. The summed E-state index contributed by atoms with van der Waals surface area (Å²) < 4.78 is 5.49. The van der Waals surface area contributed by atoms with Crippen LogP contribution in [0.25, 0.3) is 0 Å². The second-order valence-corrected chi connectivity index (χ2v) is 6.91. The molecule has 1 aliphatic heterocycles. The van der Waals surface area contributed by atoms with Crippen molar-refractivity contribution in [3.8, 4) is 0 Å². The summed E-state index contributed by atoms with van der Waals surface area (Å²) in [4.78, 5) is 2.54. The molecule has 2 fully saturated rings. The van der Waals surface area contributed by atoms with Gasteiger partial charge in [0.05, 0.1) is 13.2 Å². The Labute approximate surface area is 135 Å². The molecule has 3 rings (SSSR count). The Morgan fingerprint density at radius 1 is 1.14 bits per heavy atom. The molecule has 0 spiro atoms. The van der Waals surface area contributed by atoms with E-state index in [1.54, 1.807) is 0 Å². The third-order valence-corrected chi connectivity index (χ3v) is 5.27. The summed E-state index contributed by atoms with van der Waals surface area (Å²) in [5.41, 5.74) is 1.42. The van der Waals surface area contributed by atoms with Crippen molar-refractivity contribution in [2.75, 3.05) is 32.8 Å². The van der Waals surface area contributed by atoms with Crippen LogP contribution in [-0.4, -0.2) is 43.8 Å². The molecule has 1 N–H and O–H groups in total. The molecule has 1 heterocycles. The van der Waals surface area contributed by atoms with Crippen LogP contribution in [0.15, 0.2) is 30.3 Å². The van der Waals surface area contributed by atoms with Crippen molar-refractivity contribution in [3.63, 3.8) is 0 Å². The molecule has 1 saturated heterocycles. The number of hydrogen-bond donors (Lipinski definition) is 1. The normalized spacial score (nSPS) is 28.4. The summed E-state index contributed by atoms with van der Waals surface area (Å²) in [7, 11) is 0. The van der Waals surface area contributed by atoms with Gasteiger partial charge in [0.2, 0.25) is 0 Å². The van der Waals surface area contributed by atoms with Gasteiger partial charge in [-0.3, -0.25) is 4.90 Å². The monoisotopic (exact) mass is 302 g/mol. The average molecular weight is 302 g/mol. The number of morpholine rings is 1. The highest BCUT2D eigenvalue weighted by Crippen LogP contribution is 2.27. The minimum atomic E-state index is 0.435. The Morgan fingerprint density at radius 3 is 2.59 bits per heavy atom. The van der Waals surface area contributed by atoms with Gasteiger partial charge in [-0.05, 0) is 24.3 Å². The van der Waals surface area contributed by atoms with Gasteiger partial charge in [-0.1, -0.05) is 50.1 Å². The molecule has 3 nitrogen and oxygen atoms in total. The molecule has 0 amide bonds. The first-order valence-electron chi connectivity index (χ1n) is 8.94. The van der Waals surface area contributed by atoms with E-state index in [-0.39, 0.29) is 0 Å². The topological polar surface area (TPSA) is 24.5 Å². The number of hydrogen-bond acceptors (Lipinski definition) is 3. The summed E-state index contributed by atoms with van der Waals surface area (Å²) in [6.45, 7) is 7.38. The van der Waals surface area contributed by atoms with Gasteiger partial charge in [0, 0.05) is 31.7 Å². The van der Waals surface area contributed by atoms with E-state index in [1.165, 1.54) is 31.2 Å². The van der Waals surface area contributed by atoms with Crippen LogP contribution in [0, 0.1) is 5.92 Å². The Hall–Kier alpha value is -0.900. The lowest BCUT2D eigenvalue weighted by atomic mass is 9.85. The Kier molecular flexibility index (Phi) is 5.88. The van der Waals surface area contributed by atoms with Crippen molar-refractivity contribution in [1.82, 2.24) is 10.2 Å². The highest BCUT2D eigenvalue weighted by atomic mass is 16.5. The maximum Gasteiger partial charge on any atom is 0.0594 e. The van der Waals surface area contributed by atoms with E-state index in [9.17, 15) is 0 Å². The smallest absolute Gasteiger partial charge is 0.0594 e. The van der Waals surface area contributed by atoms with Crippen LogP contribution in [0.2, 0.25) is 0 Å². The van der Waals surface area contributed by atoms with Gasteiger partial charge in [0.1, 0.15) is 0 Å². The maximum absolute atomic E-state index is 5.49. The third-order valence-electron chi connectivity index (χ3n) is 5.27. The summed E-state index contributed by atoms with van der Waals surface area (Å²) in [5.74, 6) is 0.796. The van der Waals surface area contributed by atoms with Gasteiger partial charge in [-0.2, -0.15) is 0 Å². The summed E-state index contributed by atoms with van der Waals surface area (Å²) >= 11 is 0. The molecule has 1 aliphatic carbocycles. The van der Waals surface area contributed by atoms with E-state index in [0.717, 1.165) is 38.8 Å². The number of ether oxygens (including phenoxy) is 1. The number of rotatable bonds is 5. The molecule has 122 valence electrons. The SMILES string of the molecule is CC1CCCCC1NC(CN1CCOCC1)c1ccccc1. The first-order valence-corrected chi connectivity index (χ1v) is 8.94. The highest BCUT2D eigenvalue weighted by Gasteiger charge is 2.26. The molecule has 1 aromatic carbocycles. The van der Waals surface area contributed by atoms with Crippen LogP contribution in [0.3, 0.4) is 0 Å². The van der Waals surface area contributed by atoms with Crippen LogP contribution in [0.4, 0.5) is 0 Å². The number of nitrogens with zero attached hydrogens (tertiary/aromatic N) is 1. The predicted octanol–water partition coefficient (Wildman–Crippen LogP) is 3.23. The molecule has 0 aromatic heterocycles. The van der Waals surface area contributed by atoms with Crippen molar-refractivity contribution in [2.24, 2.45) is 5.92 Å². The predicted molar refractivity (Wildman–Crippen MR) is 91.0 cm³/mol. The van der Waals surface area contributed by atoms with Gasteiger partial charge >= 0.3 is 0 Å². The second-order valence-electron chi connectivity index (χ2n) is 6.91. The molecular formula is C19H30N2O. The van der Waals surface area contributed by atoms with Crippen molar-refractivity contribution in [2.45, 2.75) is 44.7 Å². The molecule has 0 radical (unpaired) electrons. The zero-order chi connectivity index (χ0) is 15.2. The second kappa shape index (κ2) is 8.09. The molecule has 3 heteroatoms. The van der Waals surface area contributed by atoms with Crippen molar-refractivity contribution in [1.29, 1.82) is 0 Å². The van der Waals surface area contributed by atoms with E-state index >= 15 is 0 Å². The minimum Gasteiger partial charge on any atom is -0.379 e. The fourth-order valence-corrected chi connectivity index (χ4v) is 3.80. The lowest BCUT2D eigenvalue weighted by Crippen LogP contribution is -2.46. The molecule has 1 aromatic rings. The first-order chi connectivity index (χ1) is 10.8. The number of nitrogens with one attached hydrogen (secondary N) is 1. The van der Waals surface area contributed by atoms with Crippen LogP contribution >= 0.6 is 0 Å². The van der Waals surface area contributed by atoms with Crippen LogP contribution in [0.5, 0.6) is 0 Å². The van der Waals surface area contributed by atoms with Gasteiger partial charge in [0.15, 0.2) is 0 Å². The fraction of sp³-hybridized carbons (Fsp3) is 0.684. The number of benzene rings is 1. The van der Waals surface area contributed by atoms with Gasteiger partial charge in [-0.25, -0.2) is 0 Å². The zero-order valence-electron chi connectivity index (χ0n) is 13.8. The Balaban J connectivity index is 1.67. The van der Waals surface area contributed by atoms with E-state index in [2.05, 4.69) is 47.5 Å². The van der Waals surface area contributed by atoms with E-state index in [1.807, 2.05) is 0 Å². The quantitative estimate of drug-likeness (QED) is 0.904. The molecular weight excluding hydrogens is 272 g/mol. The molecule has 3 unspecified atom stereocenters. The molecule has 3 atom stereocenters. The van der Waals surface area contributed by atoms with Gasteiger partial charge in [-0.15, -0.1) is 0 Å². The van der Waals surface area contributed by atoms with Crippen LogP contribution in [0.1, 0.15) is 44.2 Å². The highest BCUT2D eigenvalue weighted by molar-refractivity contribution is 5.19. The standard InChI is InChI=1S/C19H30N2O/c1-16-7-5-6-10-18(16)20-19(17-8-3-2-4-9-17)15-21-11-13-22-14-12-21/h2-4,8-9,16,18-20H,5-7,10-15H2,1H3. The van der Waals surface area contributed by atoms with Gasteiger partial charge in [0.25, 0.3) is 0 Å². The average Bonchev–Trinajstić information content (AvgIpc) is 2.58. The Bertz CT molecular complexity index is 430. The molecule has 0 bridgehead atoms. The van der Waals surface area contributed by atoms with Crippen LogP contribution < -0.4 is 5.32 Å². The molecule has 1 saturated carbocycles. The van der Waals surface area contributed by atoms with Gasteiger partial charge < -0.3 is 10.1 Å². The van der Waals surface area contributed by atoms with Crippen LogP contribution in [-0.2, 0) is 4.74 Å². The summed E-state index contributed by atoms with van der Waals surface area (Å²) in [6, 6.07) is 12.1. The molecule has 2 aliphatic rings. The maximum atomic E-state index is 5.49. The zero-order valence-corrected chi connectivity index (χ0v) is 13.8. The van der Waals surface area contributed by atoms with Crippen molar-refractivity contribution < 1.29 is 4.74 Å². The molecule has 22 heavy (non-hydrogen) atoms.